The molecule has 0 bridgehead atoms. The second-order valence-corrected chi connectivity index (χ2v) is 7.13. The van der Waals surface area contributed by atoms with Crippen molar-refractivity contribution in [3.8, 4) is 5.75 Å². The Hall–Kier alpha value is -3.08. The van der Waals surface area contributed by atoms with E-state index in [2.05, 4.69) is 23.2 Å². The van der Waals surface area contributed by atoms with Crippen LogP contribution < -0.4 is 15.0 Å². The van der Waals surface area contributed by atoms with Crippen molar-refractivity contribution in [2.24, 2.45) is 0 Å². The van der Waals surface area contributed by atoms with Crippen LogP contribution in [0, 0.1) is 6.92 Å². The second kappa shape index (κ2) is 7.89. The molecule has 1 amide bonds. The molecule has 4 rings (SSSR count). The minimum Gasteiger partial charge on any atom is -0.494 e. The third-order valence-electron chi connectivity index (χ3n) is 5.12. The van der Waals surface area contributed by atoms with Crippen LogP contribution in [0.25, 0.3) is 10.9 Å². The molecule has 0 spiro atoms. The van der Waals surface area contributed by atoms with E-state index in [1.54, 1.807) is 12.1 Å². The molecular formula is C23H25N3O2. The van der Waals surface area contributed by atoms with Gasteiger partial charge >= 0.3 is 0 Å². The van der Waals surface area contributed by atoms with Gasteiger partial charge in [-0.05, 0) is 80.8 Å². The molecule has 1 N–H and O–H groups in total. The first kappa shape index (κ1) is 18.3. The first-order valence-corrected chi connectivity index (χ1v) is 9.84. The number of hydrogen-bond donors (Lipinski definition) is 1. The number of pyridine rings is 1. The Morgan fingerprint density at radius 2 is 1.86 bits per heavy atom. The van der Waals surface area contributed by atoms with Crippen molar-refractivity contribution in [1.29, 1.82) is 0 Å². The van der Waals surface area contributed by atoms with Gasteiger partial charge in [0.15, 0.2) is 0 Å². The predicted octanol–water partition coefficient (Wildman–Crippen LogP) is 4.79. The number of carbonyl (C=O) groups is 1. The van der Waals surface area contributed by atoms with Crippen molar-refractivity contribution in [3.63, 3.8) is 0 Å². The third-order valence-corrected chi connectivity index (χ3v) is 5.12. The lowest BCUT2D eigenvalue weighted by atomic mass is 10.1. The summed E-state index contributed by atoms with van der Waals surface area (Å²) in [6, 6.07) is 15.2. The first-order valence-electron chi connectivity index (χ1n) is 9.84. The highest BCUT2D eigenvalue weighted by molar-refractivity contribution is 6.05. The van der Waals surface area contributed by atoms with E-state index in [-0.39, 0.29) is 5.91 Å². The van der Waals surface area contributed by atoms with Crippen molar-refractivity contribution in [2.75, 3.05) is 29.9 Å². The number of aromatic nitrogens is 1. The van der Waals surface area contributed by atoms with E-state index in [0.717, 1.165) is 41.2 Å². The van der Waals surface area contributed by atoms with Crippen LogP contribution in [0.15, 0.2) is 48.5 Å². The Bertz CT molecular complexity index is 993. The van der Waals surface area contributed by atoms with Crippen LogP contribution in [0.2, 0.25) is 0 Å². The molecule has 1 fully saturated rings. The summed E-state index contributed by atoms with van der Waals surface area (Å²) in [5.74, 6) is 1.68. The molecule has 3 aromatic rings. The molecule has 5 heteroatoms. The average molecular weight is 375 g/mol. The summed E-state index contributed by atoms with van der Waals surface area (Å²) in [7, 11) is 0. The van der Waals surface area contributed by atoms with Gasteiger partial charge < -0.3 is 15.0 Å². The summed E-state index contributed by atoms with van der Waals surface area (Å²) >= 11 is 0. The zero-order chi connectivity index (χ0) is 19.5. The zero-order valence-electron chi connectivity index (χ0n) is 16.4. The molecule has 1 saturated heterocycles. The maximum absolute atomic E-state index is 12.6. The van der Waals surface area contributed by atoms with E-state index in [4.69, 9.17) is 9.72 Å². The van der Waals surface area contributed by atoms with Gasteiger partial charge in [-0.1, -0.05) is 0 Å². The number of amides is 1. The summed E-state index contributed by atoms with van der Waals surface area (Å²) in [6.45, 7) is 6.80. The molecule has 28 heavy (non-hydrogen) atoms. The molecule has 0 saturated carbocycles. The van der Waals surface area contributed by atoms with Gasteiger partial charge in [-0.15, -0.1) is 0 Å². The van der Waals surface area contributed by atoms with Crippen molar-refractivity contribution in [2.45, 2.75) is 26.7 Å². The van der Waals surface area contributed by atoms with E-state index >= 15 is 0 Å². The molecule has 1 aromatic heterocycles. The number of ether oxygens (including phenoxy) is 1. The van der Waals surface area contributed by atoms with Crippen molar-refractivity contribution < 1.29 is 9.53 Å². The van der Waals surface area contributed by atoms with E-state index in [1.165, 1.54) is 18.4 Å². The summed E-state index contributed by atoms with van der Waals surface area (Å²) < 4.78 is 5.42. The Balaban J connectivity index is 1.54. The highest BCUT2D eigenvalue weighted by Crippen LogP contribution is 2.27. The Morgan fingerprint density at radius 1 is 1.11 bits per heavy atom. The second-order valence-electron chi connectivity index (χ2n) is 7.13. The van der Waals surface area contributed by atoms with Crippen LogP contribution in [-0.2, 0) is 0 Å². The molecule has 2 heterocycles. The predicted molar refractivity (Wildman–Crippen MR) is 113 cm³/mol. The molecule has 5 nitrogen and oxygen atoms in total. The van der Waals surface area contributed by atoms with Gasteiger partial charge in [0.1, 0.15) is 11.6 Å². The number of aryl methyl sites for hydroxylation is 1. The van der Waals surface area contributed by atoms with E-state index < -0.39 is 0 Å². The smallest absolute Gasteiger partial charge is 0.255 e. The molecule has 0 unspecified atom stereocenters. The summed E-state index contributed by atoms with van der Waals surface area (Å²) in [6.07, 6.45) is 2.46. The largest absolute Gasteiger partial charge is 0.494 e. The van der Waals surface area contributed by atoms with Gasteiger partial charge in [0.05, 0.1) is 12.1 Å². The SMILES string of the molecule is CCOc1ccc(C(=O)Nc2ccc3nc(N4CCCC4)cc(C)c3c2)cc1. The Morgan fingerprint density at radius 3 is 2.57 bits per heavy atom. The highest BCUT2D eigenvalue weighted by Gasteiger charge is 2.15. The van der Waals surface area contributed by atoms with E-state index in [1.807, 2.05) is 37.3 Å². The van der Waals surface area contributed by atoms with Gasteiger partial charge in [-0.3, -0.25) is 4.79 Å². The molecule has 1 aliphatic heterocycles. The molecule has 0 atom stereocenters. The van der Waals surface area contributed by atoms with Crippen LogP contribution in [0.5, 0.6) is 5.75 Å². The quantitative estimate of drug-likeness (QED) is 0.696. The maximum atomic E-state index is 12.6. The molecule has 1 aliphatic rings. The lowest BCUT2D eigenvalue weighted by Crippen LogP contribution is -2.19. The summed E-state index contributed by atoms with van der Waals surface area (Å²) in [5, 5.41) is 4.04. The van der Waals surface area contributed by atoms with E-state index in [9.17, 15) is 4.79 Å². The van der Waals surface area contributed by atoms with Crippen molar-refractivity contribution in [3.05, 3.63) is 59.7 Å². The third kappa shape index (κ3) is 3.79. The number of benzene rings is 2. The fourth-order valence-electron chi connectivity index (χ4n) is 3.63. The molecular weight excluding hydrogens is 350 g/mol. The maximum Gasteiger partial charge on any atom is 0.255 e. The highest BCUT2D eigenvalue weighted by atomic mass is 16.5. The minimum absolute atomic E-state index is 0.137. The van der Waals surface area contributed by atoms with E-state index in [0.29, 0.717) is 12.2 Å². The minimum atomic E-state index is -0.137. The molecule has 144 valence electrons. The average Bonchev–Trinajstić information content (AvgIpc) is 3.24. The van der Waals surface area contributed by atoms with Gasteiger partial charge in [0, 0.05) is 29.7 Å². The number of anilines is 2. The van der Waals surface area contributed by atoms with Crippen LogP contribution in [-0.4, -0.2) is 30.6 Å². The topological polar surface area (TPSA) is 54.5 Å². The summed E-state index contributed by atoms with van der Waals surface area (Å²) in [5.41, 5.74) is 3.50. The lowest BCUT2D eigenvalue weighted by molar-refractivity contribution is 0.102. The Kier molecular flexibility index (Phi) is 5.15. The monoisotopic (exact) mass is 375 g/mol. The number of nitrogens with zero attached hydrogens (tertiary/aromatic N) is 2. The zero-order valence-corrected chi connectivity index (χ0v) is 16.4. The van der Waals surface area contributed by atoms with Crippen molar-refractivity contribution in [1.82, 2.24) is 4.98 Å². The summed E-state index contributed by atoms with van der Waals surface area (Å²) in [4.78, 5) is 19.7. The number of hydrogen-bond acceptors (Lipinski definition) is 4. The molecule has 0 aliphatic carbocycles. The fourth-order valence-corrected chi connectivity index (χ4v) is 3.63. The number of fused-ring (bicyclic) bond motifs is 1. The molecule has 2 aromatic carbocycles. The Labute approximate surface area is 165 Å². The first-order chi connectivity index (χ1) is 13.6. The van der Waals surface area contributed by atoms with Gasteiger partial charge in [-0.2, -0.15) is 0 Å². The number of rotatable bonds is 5. The fraction of sp³-hybridized carbons (Fsp3) is 0.304. The number of nitrogens with one attached hydrogen (secondary N) is 1. The van der Waals surface area contributed by atoms with Crippen LogP contribution in [0.4, 0.5) is 11.5 Å². The number of carbonyl (C=O) groups excluding carboxylic acids is 1. The lowest BCUT2D eigenvalue weighted by Gasteiger charge is -2.18. The van der Waals surface area contributed by atoms with Gasteiger partial charge in [0.25, 0.3) is 5.91 Å². The van der Waals surface area contributed by atoms with Crippen LogP contribution in [0.3, 0.4) is 0 Å². The molecule has 0 radical (unpaired) electrons. The van der Waals surface area contributed by atoms with Gasteiger partial charge in [-0.25, -0.2) is 4.98 Å². The van der Waals surface area contributed by atoms with Gasteiger partial charge in [0.2, 0.25) is 0 Å². The van der Waals surface area contributed by atoms with Crippen molar-refractivity contribution >= 4 is 28.3 Å². The normalized spacial score (nSPS) is 13.7. The standard InChI is InChI=1S/C23H25N3O2/c1-3-28-19-9-6-17(7-10-19)23(27)24-18-8-11-21-20(15-18)16(2)14-22(25-21)26-12-4-5-13-26/h6-11,14-15H,3-5,12-13H2,1-2H3,(H,24,27). The van der Waals surface area contributed by atoms with Crippen LogP contribution >= 0.6 is 0 Å². The van der Waals surface area contributed by atoms with Crippen LogP contribution in [0.1, 0.15) is 35.7 Å².